The second kappa shape index (κ2) is 15.6. The van der Waals surface area contributed by atoms with Gasteiger partial charge in [0.25, 0.3) is 5.91 Å². The molecule has 0 saturated heterocycles. The first-order valence-electron chi connectivity index (χ1n) is 13.3. The molecule has 38 heavy (non-hydrogen) atoms. The quantitative estimate of drug-likeness (QED) is 0.303. The van der Waals surface area contributed by atoms with Crippen LogP contribution in [-0.2, 0) is 9.47 Å². The highest BCUT2D eigenvalue weighted by atomic mass is 35.5. The van der Waals surface area contributed by atoms with E-state index in [9.17, 15) is 9.59 Å². The maximum atomic E-state index is 13.5. The van der Waals surface area contributed by atoms with E-state index in [4.69, 9.17) is 21.1 Å². The number of alkyl carbamates (subject to hydrolysis) is 1. The van der Waals surface area contributed by atoms with Crippen molar-refractivity contribution in [2.75, 3.05) is 41.0 Å². The summed E-state index contributed by atoms with van der Waals surface area (Å²) in [6.07, 6.45) is 6.19. The van der Waals surface area contributed by atoms with Gasteiger partial charge in [0.15, 0.2) is 0 Å². The van der Waals surface area contributed by atoms with Gasteiger partial charge in [-0.1, -0.05) is 55.8 Å². The molecule has 0 aromatic heterocycles. The minimum absolute atomic E-state index is 0.0367. The molecule has 2 atom stereocenters. The fraction of sp³-hybridized carbons (Fsp3) is 0.517. The highest BCUT2D eigenvalue weighted by Gasteiger charge is 2.23. The van der Waals surface area contributed by atoms with Crippen LogP contribution in [-0.4, -0.2) is 59.0 Å². The van der Waals surface area contributed by atoms with Crippen LogP contribution < -0.4 is 20.7 Å². The fourth-order valence-corrected chi connectivity index (χ4v) is 5.21. The van der Waals surface area contributed by atoms with Gasteiger partial charge in [-0.05, 0) is 60.8 Å². The zero-order valence-corrected chi connectivity index (χ0v) is 23.3. The SMILES string of the molecule is CNC[C@H](CC1CCCCC1)NC(=O)c1cc(OC)cc(C(OCCNC(=O)OC)c2cccc(Cl)c2)c1. The van der Waals surface area contributed by atoms with Gasteiger partial charge in [-0.25, -0.2) is 4.79 Å². The van der Waals surface area contributed by atoms with Crippen LogP contribution in [0.3, 0.4) is 0 Å². The third kappa shape index (κ3) is 9.19. The maximum Gasteiger partial charge on any atom is 0.406 e. The average molecular weight is 546 g/mol. The molecule has 1 fully saturated rings. The Hall–Kier alpha value is -2.81. The molecule has 208 valence electrons. The van der Waals surface area contributed by atoms with Crippen molar-refractivity contribution in [3.8, 4) is 5.75 Å². The third-order valence-electron chi connectivity index (χ3n) is 6.85. The molecule has 0 heterocycles. The van der Waals surface area contributed by atoms with Crippen molar-refractivity contribution in [2.24, 2.45) is 5.92 Å². The number of carbonyl (C=O) groups is 2. The lowest BCUT2D eigenvalue weighted by Gasteiger charge is -2.27. The van der Waals surface area contributed by atoms with E-state index >= 15 is 0 Å². The first kappa shape index (κ1) is 29.7. The van der Waals surface area contributed by atoms with E-state index in [2.05, 4.69) is 20.7 Å². The largest absolute Gasteiger partial charge is 0.497 e. The van der Waals surface area contributed by atoms with Crippen LogP contribution in [0.5, 0.6) is 5.75 Å². The minimum atomic E-state index is -0.537. The topological polar surface area (TPSA) is 97.9 Å². The summed E-state index contributed by atoms with van der Waals surface area (Å²) in [6, 6.07) is 12.8. The molecular weight excluding hydrogens is 506 g/mol. The summed E-state index contributed by atoms with van der Waals surface area (Å²) in [5.74, 6) is 1.04. The van der Waals surface area contributed by atoms with Gasteiger partial charge in [0.1, 0.15) is 11.9 Å². The lowest BCUT2D eigenvalue weighted by atomic mass is 9.84. The van der Waals surface area contributed by atoms with Crippen molar-refractivity contribution in [3.05, 3.63) is 64.2 Å². The van der Waals surface area contributed by atoms with Crippen LogP contribution in [0.1, 0.15) is 66.1 Å². The Morgan fingerprint density at radius 1 is 1.05 bits per heavy atom. The molecule has 0 bridgehead atoms. The van der Waals surface area contributed by atoms with Gasteiger partial charge in [-0.2, -0.15) is 0 Å². The van der Waals surface area contributed by atoms with Crippen molar-refractivity contribution < 1.29 is 23.8 Å². The number of halogens is 1. The molecule has 2 amide bonds. The van der Waals surface area contributed by atoms with Gasteiger partial charge in [0.05, 0.1) is 20.8 Å². The van der Waals surface area contributed by atoms with Gasteiger partial charge in [0, 0.05) is 29.7 Å². The van der Waals surface area contributed by atoms with Gasteiger partial charge >= 0.3 is 6.09 Å². The molecule has 0 spiro atoms. The number of benzene rings is 2. The molecule has 1 aliphatic carbocycles. The number of hydrogen-bond acceptors (Lipinski definition) is 6. The lowest BCUT2D eigenvalue weighted by molar-refractivity contribution is 0.0802. The van der Waals surface area contributed by atoms with Crippen LogP contribution >= 0.6 is 11.6 Å². The molecule has 8 nitrogen and oxygen atoms in total. The van der Waals surface area contributed by atoms with Gasteiger partial charge in [-0.3, -0.25) is 4.79 Å². The Kier molecular flexibility index (Phi) is 12.2. The number of ether oxygens (including phenoxy) is 3. The van der Waals surface area contributed by atoms with Crippen molar-refractivity contribution >= 4 is 23.6 Å². The van der Waals surface area contributed by atoms with Crippen molar-refractivity contribution in [1.29, 1.82) is 0 Å². The van der Waals surface area contributed by atoms with E-state index in [1.807, 2.05) is 37.4 Å². The zero-order valence-electron chi connectivity index (χ0n) is 22.6. The molecule has 1 unspecified atom stereocenters. The second-order valence-corrected chi connectivity index (χ2v) is 10.1. The van der Waals surface area contributed by atoms with Crippen molar-refractivity contribution in [2.45, 2.75) is 50.7 Å². The van der Waals surface area contributed by atoms with E-state index in [-0.39, 0.29) is 25.1 Å². The summed E-state index contributed by atoms with van der Waals surface area (Å²) < 4.78 is 16.4. The van der Waals surface area contributed by atoms with Gasteiger partial charge < -0.3 is 30.2 Å². The molecule has 3 rings (SSSR count). The Bertz CT molecular complexity index is 1040. The molecule has 9 heteroatoms. The molecule has 2 aromatic carbocycles. The van der Waals surface area contributed by atoms with Crippen molar-refractivity contribution in [1.82, 2.24) is 16.0 Å². The lowest BCUT2D eigenvalue weighted by Crippen LogP contribution is -2.42. The Balaban J connectivity index is 1.83. The summed E-state index contributed by atoms with van der Waals surface area (Å²) in [5, 5.41) is 9.65. The molecular formula is C29H40ClN3O5. The zero-order chi connectivity index (χ0) is 27.3. The predicted octanol–water partition coefficient (Wildman–Crippen LogP) is 5.10. The number of likely N-dealkylation sites (N-methyl/N-ethyl adjacent to an activating group) is 1. The summed E-state index contributed by atoms with van der Waals surface area (Å²) in [4.78, 5) is 24.9. The number of hydrogen-bond donors (Lipinski definition) is 3. The number of amides is 2. The highest BCUT2D eigenvalue weighted by molar-refractivity contribution is 6.30. The summed E-state index contributed by atoms with van der Waals surface area (Å²) >= 11 is 6.28. The molecule has 0 radical (unpaired) electrons. The molecule has 1 saturated carbocycles. The van der Waals surface area contributed by atoms with E-state index in [1.165, 1.54) is 39.2 Å². The summed E-state index contributed by atoms with van der Waals surface area (Å²) in [6.45, 7) is 1.19. The van der Waals surface area contributed by atoms with E-state index in [0.29, 0.717) is 28.8 Å². The number of nitrogens with one attached hydrogen (secondary N) is 3. The van der Waals surface area contributed by atoms with E-state index < -0.39 is 12.2 Å². The smallest absolute Gasteiger partial charge is 0.406 e. The fourth-order valence-electron chi connectivity index (χ4n) is 5.01. The molecule has 1 aliphatic rings. The second-order valence-electron chi connectivity index (χ2n) is 9.69. The number of carbonyl (C=O) groups excluding carboxylic acids is 2. The monoisotopic (exact) mass is 545 g/mol. The normalized spacial score (nSPS) is 15.4. The van der Waals surface area contributed by atoms with Crippen LogP contribution in [0.15, 0.2) is 42.5 Å². The maximum absolute atomic E-state index is 13.5. The Labute approximate surface area is 230 Å². The number of methoxy groups -OCH3 is 2. The average Bonchev–Trinajstić information content (AvgIpc) is 2.93. The third-order valence-corrected chi connectivity index (χ3v) is 7.09. The van der Waals surface area contributed by atoms with Gasteiger partial charge in [0.2, 0.25) is 0 Å². The van der Waals surface area contributed by atoms with Crippen LogP contribution in [0.25, 0.3) is 0 Å². The standard InChI is InChI=1S/C29H40ClN3O5/c1-31-19-25(14-20-8-5-4-6-9-20)33-28(34)23-15-22(17-26(18-23)36-2)27(21-10-7-11-24(30)16-21)38-13-12-32-29(35)37-3/h7,10-11,15-18,20,25,27,31H,4-6,8-9,12-14,19H2,1-3H3,(H,32,35)(H,33,34)/t25-,27?/m0/s1. The van der Waals surface area contributed by atoms with E-state index in [0.717, 1.165) is 17.5 Å². The first-order valence-corrected chi connectivity index (χ1v) is 13.6. The van der Waals surface area contributed by atoms with Crippen LogP contribution in [0.4, 0.5) is 4.79 Å². The van der Waals surface area contributed by atoms with E-state index in [1.54, 1.807) is 19.2 Å². The van der Waals surface area contributed by atoms with Crippen LogP contribution in [0.2, 0.25) is 5.02 Å². The Morgan fingerprint density at radius 3 is 2.53 bits per heavy atom. The highest BCUT2D eigenvalue weighted by Crippen LogP contribution is 2.32. The summed E-state index contributed by atoms with van der Waals surface area (Å²) in [7, 11) is 4.79. The van der Waals surface area contributed by atoms with Crippen molar-refractivity contribution in [3.63, 3.8) is 0 Å². The number of rotatable bonds is 13. The minimum Gasteiger partial charge on any atom is -0.497 e. The predicted molar refractivity (Wildman–Crippen MR) is 149 cm³/mol. The van der Waals surface area contributed by atoms with Gasteiger partial charge in [-0.15, -0.1) is 0 Å². The molecule has 3 N–H and O–H groups in total. The summed E-state index contributed by atoms with van der Waals surface area (Å²) in [5.41, 5.74) is 2.06. The van der Waals surface area contributed by atoms with Crippen LogP contribution in [0, 0.1) is 5.92 Å². The molecule has 0 aliphatic heterocycles. The molecule has 2 aromatic rings. The Morgan fingerprint density at radius 2 is 1.84 bits per heavy atom. The first-order chi connectivity index (χ1) is 18.4.